The van der Waals surface area contributed by atoms with Gasteiger partial charge in [-0.2, -0.15) is 8.78 Å². The minimum Gasteiger partial charge on any atom is -0.393 e. The molecule has 1 N–H and O–H groups in total. The third-order valence-electron chi connectivity index (χ3n) is 9.01. The van der Waals surface area contributed by atoms with E-state index in [4.69, 9.17) is 0 Å². The summed E-state index contributed by atoms with van der Waals surface area (Å²) in [4.78, 5) is 0. The van der Waals surface area contributed by atoms with Crippen LogP contribution in [0.3, 0.4) is 0 Å². The van der Waals surface area contributed by atoms with Crippen molar-refractivity contribution >= 4 is 11.8 Å². The van der Waals surface area contributed by atoms with E-state index >= 15 is 0 Å². The van der Waals surface area contributed by atoms with Crippen LogP contribution in [0.4, 0.5) is 8.78 Å². The molecule has 4 fully saturated rings. The third-order valence-corrected chi connectivity index (χ3v) is 10.5. The first-order valence-corrected chi connectivity index (χ1v) is 13.6. The molecule has 0 bridgehead atoms. The minimum atomic E-state index is -2.57. The summed E-state index contributed by atoms with van der Waals surface area (Å²) < 4.78 is 29.8. The molecule has 0 aromatic rings. The minimum absolute atomic E-state index is 0.0428. The second-order valence-corrected chi connectivity index (χ2v) is 12.2. The second kappa shape index (κ2) is 10.2. The quantitative estimate of drug-likeness (QED) is 0.482. The summed E-state index contributed by atoms with van der Waals surface area (Å²) in [6.07, 6.45) is 19.0. The summed E-state index contributed by atoms with van der Waals surface area (Å²) in [5.41, 5.74) is 0. The molecule has 4 heteroatoms. The van der Waals surface area contributed by atoms with E-state index in [-0.39, 0.29) is 11.4 Å². The summed E-state index contributed by atoms with van der Waals surface area (Å²) in [5.74, 6) is 3.07. The van der Waals surface area contributed by atoms with Crippen molar-refractivity contribution in [3.8, 4) is 0 Å². The highest BCUT2D eigenvalue weighted by atomic mass is 32.2. The molecular formula is C25H42F2OS. The highest BCUT2D eigenvalue weighted by Crippen LogP contribution is 2.51. The maximum absolute atomic E-state index is 14.9. The van der Waals surface area contributed by atoms with Gasteiger partial charge in [-0.25, -0.2) is 0 Å². The Morgan fingerprint density at radius 1 is 0.552 bits per heavy atom. The van der Waals surface area contributed by atoms with Gasteiger partial charge in [0.25, 0.3) is 5.25 Å². The monoisotopic (exact) mass is 428 g/mol. The number of hydrogen-bond acceptors (Lipinski definition) is 2. The predicted octanol–water partition coefficient (Wildman–Crippen LogP) is 7.81. The number of thioether (sulfide) groups is 1. The summed E-state index contributed by atoms with van der Waals surface area (Å²) >= 11 is 0.940. The van der Waals surface area contributed by atoms with Crippen LogP contribution in [0.15, 0.2) is 0 Å². The molecule has 1 nitrogen and oxygen atoms in total. The molecule has 0 amide bonds. The van der Waals surface area contributed by atoms with E-state index in [2.05, 4.69) is 0 Å². The van der Waals surface area contributed by atoms with Crippen LogP contribution in [-0.4, -0.2) is 21.7 Å². The molecule has 4 saturated carbocycles. The highest BCUT2D eigenvalue weighted by molar-refractivity contribution is 8.00. The number of aliphatic hydroxyl groups is 1. The van der Waals surface area contributed by atoms with Crippen molar-refractivity contribution in [1.29, 1.82) is 0 Å². The van der Waals surface area contributed by atoms with Crippen molar-refractivity contribution in [3.63, 3.8) is 0 Å². The van der Waals surface area contributed by atoms with Crippen LogP contribution in [0.2, 0.25) is 0 Å². The number of hydrogen-bond donors (Lipinski definition) is 1. The maximum Gasteiger partial charge on any atom is 0.296 e. The van der Waals surface area contributed by atoms with Crippen LogP contribution in [0.5, 0.6) is 0 Å². The lowest BCUT2D eigenvalue weighted by atomic mass is 9.66. The summed E-state index contributed by atoms with van der Waals surface area (Å²) in [6.45, 7) is 0. The molecule has 0 aromatic carbocycles. The second-order valence-electron chi connectivity index (χ2n) is 10.8. The fraction of sp³-hybridized carbons (Fsp3) is 1.00. The Labute approximate surface area is 181 Å². The zero-order valence-corrected chi connectivity index (χ0v) is 19.0. The average molecular weight is 429 g/mol. The van der Waals surface area contributed by atoms with E-state index in [0.29, 0.717) is 18.8 Å². The van der Waals surface area contributed by atoms with Crippen LogP contribution < -0.4 is 0 Å². The lowest BCUT2D eigenvalue weighted by Gasteiger charge is -2.42. The Balaban J connectivity index is 1.19. The Kier molecular flexibility index (Phi) is 7.86. The Morgan fingerprint density at radius 2 is 1.00 bits per heavy atom. The highest BCUT2D eigenvalue weighted by Gasteiger charge is 2.45. The topological polar surface area (TPSA) is 20.2 Å². The lowest BCUT2D eigenvalue weighted by molar-refractivity contribution is 0.00125. The van der Waals surface area contributed by atoms with Gasteiger partial charge in [0, 0.05) is 11.2 Å². The molecule has 0 aliphatic heterocycles. The summed E-state index contributed by atoms with van der Waals surface area (Å²) in [7, 11) is 0. The molecule has 29 heavy (non-hydrogen) atoms. The van der Waals surface area contributed by atoms with Crippen LogP contribution in [-0.2, 0) is 0 Å². The van der Waals surface area contributed by atoms with Gasteiger partial charge in [0.1, 0.15) is 0 Å². The molecule has 4 aliphatic carbocycles. The zero-order valence-electron chi connectivity index (χ0n) is 18.2. The van der Waals surface area contributed by atoms with Crippen molar-refractivity contribution < 1.29 is 13.9 Å². The van der Waals surface area contributed by atoms with Crippen LogP contribution in [0.25, 0.3) is 0 Å². The van der Waals surface area contributed by atoms with Gasteiger partial charge in [-0.3, -0.25) is 0 Å². The third kappa shape index (κ3) is 5.90. The molecule has 0 radical (unpaired) electrons. The first-order valence-electron chi connectivity index (χ1n) is 12.7. The smallest absolute Gasteiger partial charge is 0.296 e. The van der Waals surface area contributed by atoms with Crippen molar-refractivity contribution in [2.75, 3.05) is 0 Å². The van der Waals surface area contributed by atoms with Crippen LogP contribution in [0, 0.1) is 29.6 Å². The molecule has 0 aromatic heterocycles. The number of alkyl halides is 2. The number of rotatable bonds is 5. The van der Waals surface area contributed by atoms with Crippen molar-refractivity contribution in [2.24, 2.45) is 29.6 Å². The van der Waals surface area contributed by atoms with E-state index in [0.717, 1.165) is 68.0 Å². The molecule has 168 valence electrons. The Bertz CT molecular complexity index is 483. The molecule has 4 aliphatic rings. The van der Waals surface area contributed by atoms with E-state index in [1.807, 2.05) is 0 Å². The first kappa shape index (κ1) is 22.4. The fourth-order valence-corrected chi connectivity index (χ4v) is 8.48. The number of aliphatic hydroxyl groups excluding tert-OH is 1. The Morgan fingerprint density at radius 3 is 1.52 bits per heavy atom. The maximum atomic E-state index is 14.9. The molecule has 0 spiro atoms. The van der Waals surface area contributed by atoms with E-state index < -0.39 is 11.2 Å². The molecular weight excluding hydrogens is 386 g/mol. The van der Waals surface area contributed by atoms with Gasteiger partial charge in [0.05, 0.1) is 6.10 Å². The average Bonchev–Trinajstić information content (AvgIpc) is 2.76. The van der Waals surface area contributed by atoms with Gasteiger partial charge in [0.2, 0.25) is 0 Å². The van der Waals surface area contributed by atoms with Gasteiger partial charge < -0.3 is 5.11 Å². The van der Waals surface area contributed by atoms with Crippen molar-refractivity contribution in [3.05, 3.63) is 0 Å². The van der Waals surface area contributed by atoms with E-state index in [1.54, 1.807) is 0 Å². The fourth-order valence-electron chi connectivity index (χ4n) is 7.10. The largest absolute Gasteiger partial charge is 0.393 e. The molecule has 0 saturated heterocycles. The lowest BCUT2D eigenvalue weighted by Crippen LogP contribution is -2.34. The molecule has 0 unspecified atom stereocenters. The van der Waals surface area contributed by atoms with Gasteiger partial charge in [0.15, 0.2) is 0 Å². The number of halogens is 2. The van der Waals surface area contributed by atoms with E-state index in [1.165, 1.54) is 57.8 Å². The van der Waals surface area contributed by atoms with Crippen LogP contribution >= 0.6 is 11.8 Å². The van der Waals surface area contributed by atoms with Gasteiger partial charge in [-0.15, -0.1) is 0 Å². The van der Waals surface area contributed by atoms with Gasteiger partial charge >= 0.3 is 0 Å². The Hall–Kier alpha value is 0.170. The summed E-state index contributed by atoms with van der Waals surface area (Å²) in [5, 5.41) is 7.09. The standard InChI is InChI=1S/C25H42F2OS/c26-25(27,29-24-16-14-23(28)15-17-24)22-12-10-21(11-13-22)20-8-6-19(7-9-20)18-4-2-1-3-5-18/h18-24,28H,1-17H2. The summed E-state index contributed by atoms with van der Waals surface area (Å²) in [6, 6.07) is 0. The normalized spacial score (nSPS) is 40.7. The zero-order chi connectivity index (χ0) is 20.3. The van der Waals surface area contributed by atoms with Crippen LogP contribution in [0.1, 0.15) is 109 Å². The first-order chi connectivity index (χ1) is 14.0. The van der Waals surface area contributed by atoms with Gasteiger partial charge in [-0.05, 0) is 101 Å². The predicted molar refractivity (Wildman–Crippen MR) is 118 cm³/mol. The van der Waals surface area contributed by atoms with Crippen molar-refractivity contribution in [2.45, 2.75) is 126 Å². The molecule has 4 rings (SSSR count). The SMILES string of the molecule is OC1CCC(SC(F)(F)C2CCC(C3CCC(C4CCCCC4)CC3)CC2)CC1. The molecule has 0 heterocycles. The van der Waals surface area contributed by atoms with Crippen molar-refractivity contribution in [1.82, 2.24) is 0 Å². The van der Waals surface area contributed by atoms with Gasteiger partial charge in [-0.1, -0.05) is 43.9 Å². The van der Waals surface area contributed by atoms with E-state index in [9.17, 15) is 13.9 Å². The molecule has 0 atom stereocenters.